The molecule has 0 aliphatic heterocycles. The first-order valence-electron chi connectivity index (χ1n) is 9.66. The molecule has 0 aliphatic carbocycles. The van der Waals surface area contributed by atoms with Crippen molar-refractivity contribution in [3.63, 3.8) is 0 Å². The molecule has 0 spiro atoms. The van der Waals surface area contributed by atoms with Crippen LogP contribution in [0.15, 0.2) is 52.1 Å². The maximum atomic E-state index is 5.69. The summed E-state index contributed by atoms with van der Waals surface area (Å²) in [5, 5.41) is 6.79. The quantitative estimate of drug-likeness (QED) is 0.494. The van der Waals surface area contributed by atoms with E-state index in [1.807, 2.05) is 37.3 Å². The molecule has 0 amide bonds. The van der Waals surface area contributed by atoms with Crippen LogP contribution in [0.5, 0.6) is 5.75 Å². The van der Waals surface area contributed by atoms with Gasteiger partial charge < -0.3 is 19.8 Å². The number of furan rings is 1. The van der Waals surface area contributed by atoms with Crippen LogP contribution in [0, 0.1) is 0 Å². The highest BCUT2D eigenvalue weighted by Gasteiger charge is 2.20. The maximum absolute atomic E-state index is 5.69. The molecule has 0 radical (unpaired) electrons. The van der Waals surface area contributed by atoms with E-state index in [9.17, 15) is 0 Å². The van der Waals surface area contributed by atoms with E-state index in [4.69, 9.17) is 9.15 Å². The summed E-state index contributed by atoms with van der Waals surface area (Å²) < 4.78 is 11.4. The zero-order chi connectivity index (χ0) is 19.5. The normalized spacial score (nSPS) is 12.9. The summed E-state index contributed by atoms with van der Waals surface area (Å²) in [5.41, 5.74) is 1.11. The van der Waals surface area contributed by atoms with Crippen LogP contribution in [0.1, 0.15) is 38.1 Å². The number of guanidine groups is 1. The minimum absolute atomic E-state index is 0.157. The second kappa shape index (κ2) is 11.3. The molecule has 1 aromatic heterocycles. The lowest BCUT2D eigenvalue weighted by molar-refractivity contribution is 0.193. The highest BCUT2D eigenvalue weighted by atomic mass is 16.5. The van der Waals surface area contributed by atoms with Crippen molar-refractivity contribution in [2.75, 3.05) is 33.3 Å². The predicted molar refractivity (Wildman–Crippen MR) is 110 cm³/mol. The Morgan fingerprint density at radius 2 is 1.89 bits per heavy atom. The Morgan fingerprint density at radius 3 is 2.52 bits per heavy atom. The van der Waals surface area contributed by atoms with Crippen LogP contribution >= 0.6 is 0 Å². The minimum Gasteiger partial charge on any atom is -0.494 e. The zero-order valence-electron chi connectivity index (χ0n) is 16.9. The van der Waals surface area contributed by atoms with E-state index >= 15 is 0 Å². The molecule has 0 aliphatic rings. The van der Waals surface area contributed by atoms with E-state index in [1.165, 1.54) is 0 Å². The van der Waals surface area contributed by atoms with E-state index in [1.54, 1.807) is 13.3 Å². The molecule has 1 unspecified atom stereocenters. The molecule has 0 saturated carbocycles. The molecular formula is C21H32N4O2. The van der Waals surface area contributed by atoms with Crippen LogP contribution in [0.3, 0.4) is 0 Å². The van der Waals surface area contributed by atoms with Gasteiger partial charge in [0.25, 0.3) is 0 Å². The summed E-state index contributed by atoms with van der Waals surface area (Å²) in [6.07, 6.45) is 1.73. The summed E-state index contributed by atoms with van der Waals surface area (Å²) in [7, 11) is 1.78. The van der Waals surface area contributed by atoms with E-state index < -0.39 is 0 Å². The van der Waals surface area contributed by atoms with Crippen molar-refractivity contribution >= 4 is 5.96 Å². The van der Waals surface area contributed by atoms with E-state index in [0.29, 0.717) is 19.7 Å². The fourth-order valence-corrected chi connectivity index (χ4v) is 3.09. The molecule has 2 N–H and O–H groups in total. The van der Waals surface area contributed by atoms with Crippen molar-refractivity contribution in [3.8, 4) is 5.75 Å². The highest BCUT2D eigenvalue weighted by Crippen LogP contribution is 2.20. The molecule has 148 valence electrons. The number of nitrogens with zero attached hydrogens (tertiary/aromatic N) is 2. The van der Waals surface area contributed by atoms with Crippen molar-refractivity contribution in [2.24, 2.45) is 4.99 Å². The molecule has 2 aromatic rings. The molecule has 0 fully saturated rings. The van der Waals surface area contributed by atoms with Crippen molar-refractivity contribution in [1.82, 2.24) is 15.5 Å². The lowest BCUT2D eigenvalue weighted by atomic mass is 10.2. The number of para-hydroxylation sites is 1. The fourth-order valence-electron chi connectivity index (χ4n) is 3.09. The van der Waals surface area contributed by atoms with E-state index in [-0.39, 0.29) is 6.04 Å². The number of aliphatic imine (C=N–C) groups is 1. The summed E-state index contributed by atoms with van der Waals surface area (Å²) >= 11 is 0. The fraction of sp³-hybridized carbons (Fsp3) is 0.476. The second-order valence-corrected chi connectivity index (χ2v) is 6.10. The summed E-state index contributed by atoms with van der Waals surface area (Å²) in [6.45, 7) is 10.2. The Kier molecular flexibility index (Phi) is 8.71. The number of hydrogen-bond acceptors (Lipinski definition) is 4. The van der Waals surface area contributed by atoms with Crippen LogP contribution in [0.4, 0.5) is 0 Å². The van der Waals surface area contributed by atoms with Gasteiger partial charge in [-0.1, -0.05) is 32.0 Å². The molecule has 2 rings (SSSR count). The average Bonchev–Trinajstić information content (AvgIpc) is 3.23. The van der Waals surface area contributed by atoms with Crippen molar-refractivity contribution in [1.29, 1.82) is 0 Å². The third-order valence-corrected chi connectivity index (χ3v) is 4.53. The van der Waals surface area contributed by atoms with Gasteiger partial charge in [-0.15, -0.1) is 0 Å². The molecule has 0 saturated heterocycles. The van der Waals surface area contributed by atoms with Crippen LogP contribution in [0.25, 0.3) is 0 Å². The van der Waals surface area contributed by atoms with Crippen molar-refractivity contribution in [3.05, 3.63) is 54.0 Å². The van der Waals surface area contributed by atoms with Crippen molar-refractivity contribution in [2.45, 2.75) is 33.4 Å². The topological polar surface area (TPSA) is 62.0 Å². The van der Waals surface area contributed by atoms with Gasteiger partial charge in [0.15, 0.2) is 5.96 Å². The molecule has 1 heterocycles. The van der Waals surface area contributed by atoms with Crippen molar-refractivity contribution < 1.29 is 9.15 Å². The summed E-state index contributed by atoms with van der Waals surface area (Å²) in [5.74, 6) is 2.62. The Morgan fingerprint density at radius 1 is 1.11 bits per heavy atom. The first-order valence-corrected chi connectivity index (χ1v) is 9.66. The maximum Gasteiger partial charge on any atom is 0.191 e. The first-order chi connectivity index (χ1) is 13.2. The molecule has 1 atom stereocenters. The average molecular weight is 373 g/mol. The van der Waals surface area contributed by atoms with Crippen LogP contribution in [0.2, 0.25) is 0 Å². The molecule has 6 heteroatoms. The Bertz CT molecular complexity index is 681. The molecule has 0 bridgehead atoms. The SMILES string of the molecule is CCOc1ccccc1CNC(=NC)NCC(c1ccco1)N(CC)CC. The van der Waals surface area contributed by atoms with E-state index in [0.717, 1.165) is 36.1 Å². The number of likely N-dealkylation sites (N-methyl/N-ethyl adjacent to an activating group) is 1. The van der Waals surface area contributed by atoms with Gasteiger partial charge in [0.05, 0.1) is 18.9 Å². The van der Waals surface area contributed by atoms with Gasteiger partial charge in [0.1, 0.15) is 11.5 Å². The lowest BCUT2D eigenvalue weighted by Gasteiger charge is -2.28. The van der Waals surface area contributed by atoms with E-state index in [2.05, 4.69) is 40.4 Å². The predicted octanol–water partition coefficient (Wildman–Crippen LogP) is 3.43. The first kappa shape index (κ1) is 20.8. The third kappa shape index (κ3) is 6.03. The minimum atomic E-state index is 0.157. The Balaban J connectivity index is 1.98. The number of rotatable bonds is 10. The summed E-state index contributed by atoms with van der Waals surface area (Å²) in [4.78, 5) is 6.71. The standard InChI is InChI=1S/C21H32N4O2/c1-5-25(6-2)18(20-13-10-14-27-20)16-24-21(22-4)23-15-17-11-8-9-12-19(17)26-7-3/h8-14,18H,5-7,15-16H2,1-4H3,(H2,22,23,24). The van der Waals surface area contributed by atoms with Crippen LogP contribution in [-0.4, -0.2) is 44.1 Å². The van der Waals surface area contributed by atoms with Gasteiger partial charge in [0, 0.05) is 25.7 Å². The highest BCUT2D eigenvalue weighted by molar-refractivity contribution is 5.79. The zero-order valence-corrected chi connectivity index (χ0v) is 16.9. The number of nitrogens with one attached hydrogen (secondary N) is 2. The number of hydrogen-bond donors (Lipinski definition) is 2. The molecule has 1 aromatic carbocycles. The third-order valence-electron chi connectivity index (χ3n) is 4.53. The monoisotopic (exact) mass is 372 g/mol. The van der Waals surface area contributed by atoms with Crippen LogP contribution in [-0.2, 0) is 6.54 Å². The number of benzene rings is 1. The Hall–Kier alpha value is -2.47. The summed E-state index contributed by atoms with van der Waals surface area (Å²) in [6, 6.07) is 12.2. The van der Waals surface area contributed by atoms with Gasteiger partial charge in [-0.2, -0.15) is 0 Å². The second-order valence-electron chi connectivity index (χ2n) is 6.10. The van der Waals surface area contributed by atoms with Crippen LogP contribution < -0.4 is 15.4 Å². The number of ether oxygens (including phenoxy) is 1. The molecule has 27 heavy (non-hydrogen) atoms. The van der Waals surface area contributed by atoms with Gasteiger partial charge in [0.2, 0.25) is 0 Å². The molecular weight excluding hydrogens is 340 g/mol. The van der Waals surface area contributed by atoms with Gasteiger partial charge in [-0.25, -0.2) is 0 Å². The molecule has 6 nitrogen and oxygen atoms in total. The van der Waals surface area contributed by atoms with Gasteiger partial charge in [-0.3, -0.25) is 9.89 Å². The smallest absolute Gasteiger partial charge is 0.191 e. The van der Waals surface area contributed by atoms with Gasteiger partial charge in [-0.05, 0) is 38.2 Å². The lowest BCUT2D eigenvalue weighted by Crippen LogP contribution is -2.43. The largest absolute Gasteiger partial charge is 0.494 e. The van der Waals surface area contributed by atoms with Gasteiger partial charge >= 0.3 is 0 Å². The Labute approximate surface area is 162 Å².